The Labute approximate surface area is 139 Å². The summed E-state index contributed by atoms with van der Waals surface area (Å²) in [6.45, 7) is 3.97. The van der Waals surface area contributed by atoms with E-state index in [1.165, 1.54) is 25.7 Å². The van der Waals surface area contributed by atoms with Crippen molar-refractivity contribution in [2.75, 3.05) is 6.54 Å². The molecule has 0 aliphatic carbocycles. The van der Waals surface area contributed by atoms with Crippen molar-refractivity contribution >= 4 is 22.7 Å². The number of aliphatic hydroxyl groups excluding tert-OH is 1. The van der Waals surface area contributed by atoms with Crippen LogP contribution < -0.4 is 0 Å². The van der Waals surface area contributed by atoms with Crippen LogP contribution in [0.4, 0.5) is 0 Å². The molecule has 1 N–H and O–H groups in total. The maximum Gasteiger partial charge on any atom is 0.131 e. The molecule has 0 radical (unpaired) electrons. The molecule has 1 fully saturated rings. The quantitative estimate of drug-likeness (QED) is 0.902. The van der Waals surface area contributed by atoms with E-state index in [1.54, 1.807) is 22.7 Å². The van der Waals surface area contributed by atoms with E-state index in [0.717, 1.165) is 34.4 Å². The molecule has 22 heavy (non-hydrogen) atoms. The monoisotopic (exact) mass is 337 g/mol. The van der Waals surface area contributed by atoms with Crippen molar-refractivity contribution in [3.63, 3.8) is 0 Å². The third kappa shape index (κ3) is 4.13. The third-order valence-electron chi connectivity index (χ3n) is 4.27. The number of thiophene rings is 1. The fraction of sp³-hybridized carbons (Fsp3) is 0.625. The standard InChI is InChI=1S/C16H23N3OS2/c1-12-17-18-16(22-12)11-19-8-4-2-3-6-13(19)10-14(20)15-7-5-9-21-15/h5,7,9,13-14,20H,2-4,6,8,10-11H2,1H3/t13-,14-/m0/s1. The van der Waals surface area contributed by atoms with Gasteiger partial charge in [-0.2, -0.15) is 0 Å². The molecule has 1 aliphatic rings. The number of hydrogen-bond acceptors (Lipinski definition) is 6. The van der Waals surface area contributed by atoms with Gasteiger partial charge in [-0.15, -0.1) is 32.9 Å². The number of aliphatic hydroxyl groups is 1. The second-order valence-corrected chi connectivity index (χ2v) is 8.20. The lowest BCUT2D eigenvalue weighted by molar-refractivity contribution is 0.0994. The molecule has 0 unspecified atom stereocenters. The molecular weight excluding hydrogens is 314 g/mol. The number of nitrogens with zero attached hydrogens (tertiary/aromatic N) is 3. The van der Waals surface area contributed by atoms with Gasteiger partial charge >= 0.3 is 0 Å². The molecule has 3 rings (SSSR count). The summed E-state index contributed by atoms with van der Waals surface area (Å²) in [4.78, 5) is 3.58. The van der Waals surface area contributed by atoms with Crippen LogP contribution in [-0.2, 0) is 6.54 Å². The molecule has 3 heterocycles. The Balaban J connectivity index is 1.67. The first kappa shape index (κ1) is 16.1. The average molecular weight is 338 g/mol. The highest BCUT2D eigenvalue weighted by molar-refractivity contribution is 7.11. The smallest absolute Gasteiger partial charge is 0.131 e. The topological polar surface area (TPSA) is 49.2 Å². The van der Waals surface area contributed by atoms with Crippen LogP contribution in [0.5, 0.6) is 0 Å². The molecule has 1 aliphatic heterocycles. The van der Waals surface area contributed by atoms with E-state index >= 15 is 0 Å². The fourth-order valence-corrected chi connectivity index (χ4v) is 4.60. The first-order valence-corrected chi connectivity index (χ1v) is 9.66. The van der Waals surface area contributed by atoms with Gasteiger partial charge in [-0.05, 0) is 44.2 Å². The molecule has 2 aromatic rings. The lowest BCUT2D eigenvalue weighted by Crippen LogP contribution is -2.35. The predicted octanol–water partition coefficient (Wildman–Crippen LogP) is 3.78. The van der Waals surface area contributed by atoms with Gasteiger partial charge in [-0.1, -0.05) is 18.9 Å². The van der Waals surface area contributed by atoms with Crippen molar-refractivity contribution in [2.24, 2.45) is 0 Å². The van der Waals surface area contributed by atoms with Gasteiger partial charge < -0.3 is 5.11 Å². The zero-order chi connectivity index (χ0) is 15.4. The maximum atomic E-state index is 10.5. The minimum Gasteiger partial charge on any atom is -0.388 e. The minimum absolute atomic E-state index is 0.346. The minimum atomic E-state index is -0.346. The summed E-state index contributed by atoms with van der Waals surface area (Å²) in [7, 11) is 0. The van der Waals surface area contributed by atoms with Crippen LogP contribution in [0.25, 0.3) is 0 Å². The number of likely N-dealkylation sites (tertiary alicyclic amines) is 1. The highest BCUT2D eigenvalue weighted by Crippen LogP contribution is 2.29. The van der Waals surface area contributed by atoms with Gasteiger partial charge in [0.25, 0.3) is 0 Å². The molecule has 0 amide bonds. The number of rotatable bonds is 5. The van der Waals surface area contributed by atoms with Crippen LogP contribution in [0.1, 0.15) is 53.1 Å². The summed E-state index contributed by atoms with van der Waals surface area (Å²) in [6.07, 6.45) is 5.42. The van der Waals surface area contributed by atoms with Gasteiger partial charge in [0.1, 0.15) is 10.0 Å². The molecule has 120 valence electrons. The van der Waals surface area contributed by atoms with Gasteiger partial charge in [0.05, 0.1) is 12.6 Å². The normalized spacial score (nSPS) is 21.6. The molecule has 0 aromatic carbocycles. The Morgan fingerprint density at radius 1 is 1.36 bits per heavy atom. The second-order valence-electron chi connectivity index (χ2n) is 5.96. The van der Waals surface area contributed by atoms with Crippen molar-refractivity contribution in [3.8, 4) is 0 Å². The van der Waals surface area contributed by atoms with Gasteiger partial charge in [-0.25, -0.2) is 0 Å². The van der Waals surface area contributed by atoms with Gasteiger partial charge in [0, 0.05) is 10.9 Å². The van der Waals surface area contributed by atoms with E-state index < -0.39 is 0 Å². The van der Waals surface area contributed by atoms with E-state index in [9.17, 15) is 5.11 Å². The molecule has 2 aromatic heterocycles. The number of aryl methyl sites for hydroxylation is 1. The first-order chi connectivity index (χ1) is 10.7. The molecule has 2 atom stereocenters. The summed E-state index contributed by atoms with van der Waals surface area (Å²) in [5.74, 6) is 0. The summed E-state index contributed by atoms with van der Waals surface area (Å²) >= 11 is 3.33. The highest BCUT2D eigenvalue weighted by atomic mass is 32.1. The summed E-state index contributed by atoms with van der Waals surface area (Å²) in [5, 5.41) is 23.1. The SMILES string of the molecule is Cc1nnc(CN2CCCCC[C@H]2C[C@H](O)c2cccs2)s1. The Morgan fingerprint density at radius 2 is 2.27 bits per heavy atom. The Bertz CT molecular complexity index is 570. The third-order valence-corrected chi connectivity index (χ3v) is 6.07. The molecule has 6 heteroatoms. The summed E-state index contributed by atoms with van der Waals surface area (Å²) in [6, 6.07) is 4.48. The Morgan fingerprint density at radius 3 is 3.00 bits per heavy atom. The van der Waals surface area contributed by atoms with E-state index in [2.05, 4.69) is 15.1 Å². The molecular formula is C16H23N3OS2. The van der Waals surface area contributed by atoms with Crippen LogP contribution in [0, 0.1) is 6.92 Å². The second kappa shape index (κ2) is 7.64. The fourth-order valence-electron chi connectivity index (χ4n) is 3.14. The zero-order valence-electron chi connectivity index (χ0n) is 12.9. The van der Waals surface area contributed by atoms with Crippen molar-refractivity contribution in [1.82, 2.24) is 15.1 Å². The average Bonchev–Trinajstić information content (AvgIpc) is 3.12. The van der Waals surface area contributed by atoms with Crippen molar-refractivity contribution in [1.29, 1.82) is 0 Å². The van der Waals surface area contributed by atoms with Crippen LogP contribution >= 0.6 is 22.7 Å². The Kier molecular flexibility index (Phi) is 5.57. The van der Waals surface area contributed by atoms with Crippen LogP contribution in [-0.4, -0.2) is 32.8 Å². The number of hydrogen-bond donors (Lipinski definition) is 1. The lowest BCUT2D eigenvalue weighted by Gasteiger charge is -2.30. The van der Waals surface area contributed by atoms with Crippen molar-refractivity contribution in [3.05, 3.63) is 32.4 Å². The molecule has 4 nitrogen and oxygen atoms in total. The van der Waals surface area contributed by atoms with E-state index in [1.807, 2.05) is 24.4 Å². The summed E-state index contributed by atoms with van der Waals surface area (Å²) in [5.41, 5.74) is 0. The Hall–Kier alpha value is -0.820. The van der Waals surface area contributed by atoms with Crippen LogP contribution in [0.2, 0.25) is 0 Å². The van der Waals surface area contributed by atoms with E-state index in [-0.39, 0.29) is 6.10 Å². The lowest BCUT2D eigenvalue weighted by atomic mass is 10.0. The number of aromatic nitrogens is 2. The molecule has 1 saturated heterocycles. The first-order valence-electron chi connectivity index (χ1n) is 7.97. The van der Waals surface area contributed by atoms with Crippen LogP contribution in [0.15, 0.2) is 17.5 Å². The van der Waals surface area contributed by atoms with Crippen LogP contribution in [0.3, 0.4) is 0 Å². The van der Waals surface area contributed by atoms with Gasteiger partial charge in [0.15, 0.2) is 0 Å². The molecule has 0 saturated carbocycles. The largest absolute Gasteiger partial charge is 0.388 e. The van der Waals surface area contributed by atoms with E-state index in [4.69, 9.17) is 0 Å². The highest BCUT2D eigenvalue weighted by Gasteiger charge is 2.25. The maximum absolute atomic E-state index is 10.5. The van der Waals surface area contributed by atoms with Crippen molar-refractivity contribution in [2.45, 2.75) is 57.7 Å². The summed E-state index contributed by atoms with van der Waals surface area (Å²) < 4.78 is 0. The van der Waals surface area contributed by atoms with Gasteiger partial charge in [0.2, 0.25) is 0 Å². The molecule has 0 spiro atoms. The van der Waals surface area contributed by atoms with E-state index in [0.29, 0.717) is 6.04 Å². The predicted molar refractivity (Wildman–Crippen MR) is 91.2 cm³/mol. The van der Waals surface area contributed by atoms with Gasteiger partial charge in [-0.3, -0.25) is 4.90 Å². The zero-order valence-corrected chi connectivity index (χ0v) is 14.6. The van der Waals surface area contributed by atoms with Crippen molar-refractivity contribution < 1.29 is 5.11 Å². The molecule has 0 bridgehead atoms.